The summed E-state index contributed by atoms with van der Waals surface area (Å²) in [6, 6.07) is 6.83. The van der Waals surface area contributed by atoms with Crippen LogP contribution >= 0.6 is 0 Å². The second-order valence-corrected chi connectivity index (χ2v) is 7.03. The number of nitrogens with zero attached hydrogens (tertiary/aromatic N) is 2. The summed E-state index contributed by atoms with van der Waals surface area (Å²) in [6.45, 7) is 3.23. The van der Waals surface area contributed by atoms with Gasteiger partial charge >= 0.3 is 0 Å². The highest BCUT2D eigenvalue weighted by atomic mass is 16.2. The third-order valence-corrected chi connectivity index (χ3v) is 5.12. The molecule has 7 heteroatoms. The first-order valence-corrected chi connectivity index (χ1v) is 9.53. The highest BCUT2D eigenvalue weighted by Gasteiger charge is 2.35. The highest BCUT2D eigenvalue weighted by Crippen LogP contribution is 2.22. The summed E-state index contributed by atoms with van der Waals surface area (Å²) in [7, 11) is 0. The van der Waals surface area contributed by atoms with Gasteiger partial charge in [0.25, 0.3) is 11.8 Å². The molecule has 7 nitrogen and oxygen atoms in total. The summed E-state index contributed by atoms with van der Waals surface area (Å²) in [5.41, 5.74) is 0.803. The molecule has 0 aromatic heterocycles. The van der Waals surface area contributed by atoms with E-state index < -0.39 is 0 Å². The largest absolute Gasteiger partial charge is 0.353 e. The van der Waals surface area contributed by atoms with Crippen molar-refractivity contribution in [3.63, 3.8) is 0 Å². The van der Waals surface area contributed by atoms with Crippen LogP contribution < -0.4 is 5.32 Å². The summed E-state index contributed by atoms with van der Waals surface area (Å²) < 4.78 is 0. The third kappa shape index (κ3) is 4.18. The number of carbonyl (C=O) groups is 4. The number of likely N-dealkylation sites (tertiary alicyclic amines) is 1. The number of benzene rings is 1. The number of hydrogen-bond donors (Lipinski definition) is 1. The molecule has 1 saturated heterocycles. The topological polar surface area (TPSA) is 86.8 Å². The molecule has 0 atom stereocenters. The minimum Gasteiger partial charge on any atom is -0.353 e. The quantitative estimate of drug-likeness (QED) is 0.769. The molecule has 27 heavy (non-hydrogen) atoms. The number of piperidine rings is 1. The van der Waals surface area contributed by atoms with Gasteiger partial charge in [-0.05, 0) is 31.4 Å². The predicted octanol–water partition coefficient (Wildman–Crippen LogP) is 1.58. The number of imide groups is 1. The Kier molecular flexibility index (Phi) is 5.88. The molecule has 1 aromatic carbocycles. The maximum absolute atomic E-state index is 12.5. The van der Waals surface area contributed by atoms with E-state index in [1.54, 1.807) is 29.2 Å². The molecule has 2 aliphatic heterocycles. The van der Waals surface area contributed by atoms with E-state index in [-0.39, 0.29) is 42.6 Å². The van der Waals surface area contributed by atoms with Crippen molar-refractivity contribution in [1.82, 2.24) is 15.1 Å². The molecule has 2 heterocycles. The Morgan fingerprint density at radius 1 is 1.04 bits per heavy atom. The zero-order valence-electron chi connectivity index (χ0n) is 15.6. The maximum Gasteiger partial charge on any atom is 0.261 e. The van der Waals surface area contributed by atoms with Gasteiger partial charge in [-0.2, -0.15) is 0 Å². The fraction of sp³-hybridized carbons (Fsp3) is 0.500. The number of hydrogen-bond acceptors (Lipinski definition) is 4. The lowest BCUT2D eigenvalue weighted by Gasteiger charge is -2.32. The average Bonchev–Trinajstić information content (AvgIpc) is 2.91. The Hall–Kier alpha value is -2.70. The Bertz CT molecular complexity index is 718. The summed E-state index contributed by atoms with van der Waals surface area (Å²) in [5.74, 6) is -0.667. The lowest BCUT2D eigenvalue weighted by atomic mass is 10.0. The number of amides is 4. The van der Waals surface area contributed by atoms with E-state index in [4.69, 9.17) is 0 Å². The van der Waals surface area contributed by atoms with E-state index in [2.05, 4.69) is 5.32 Å². The van der Waals surface area contributed by atoms with E-state index >= 15 is 0 Å². The summed E-state index contributed by atoms with van der Waals surface area (Å²) in [6.07, 6.45) is 2.93. The fourth-order valence-electron chi connectivity index (χ4n) is 3.61. The summed E-state index contributed by atoms with van der Waals surface area (Å²) in [4.78, 5) is 51.7. The van der Waals surface area contributed by atoms with Crippen LogP contribution in [0, 0.1) is 0 Å². The molecular formula is C20H25N3O4. The van der Waals surface area contributed by atoms with Crippen LogP contribution in [-0.2, 0) is 9.59 Å². The molecule has 1 N–H and O–H groups in total. The monoisotopic (exact) mass is 371 g/mol. The first kappa shape index (κ1) is 19.1. The number of rotatable bonds is 6. The van der Waals surface area contributed by atoms with Gasteiger partial charge in [0, 0.05) is 38.5 Å². The summed E-state index contributed by atoms with van der Waals surface area (Å²) in [5, 5.41) is 3.00. The van der Waals surface area contributed by atoms with Crippen LogP contribution in [0.25, 0.3) is 0 Å². The molecule has 1 fully saturated rings. The van der Waals surface area contributed by atoms with Gasteiger partial charge in [-0.1, -0.05) is 19.1 Å². The van der Waals surface area contributed by atoms with Crippen molar-refractivity contribution < 1.29 is 19.2 Å². The summed E-state index contributed by atoms with van der Waals surface area (Å²) >= 11 is 0. The lowest BCUT2D eigenvalue weighted by molar-refractivity contribution is -0.132. The van der Waals surface area contributed by atoms with Gasteiger partial charge in [0.15, 0.2) is 0 Å². The van der Waals surface area contributed by atoms with Gasteiger partial charge in [-0.15, -0.1) is 0 Å². The first-order chi connectivity index (χ1) is 13.0. The van der Waals surface area contributed by atoms with Crippen molar-refractivity contribution in [1.29, 1.82) is 0 Å². The Morgan fingerprint density at radius 3 is 2.19 bits per heavy atom. The molecule has 144 valence electrons. The van der Waals surface area contributed by atoms with Crippen LogP contribution in [0.4, 0.5) is 0 Å². The van der Waals surface area contributed by atoms with Crippen LogP contribution in [0.3, 0.4) is 0 Å². The van der Waals surface area contributed by atoms with E-state index in [0.717, 1.165) is 24.2 Å². The van der Waals surface area contributed by atoms with Gasteiger partial charge in [-0.3, -0.25) is 24.1 Å². The Morgan fingerprint density at radius 2 is 1.63 bits per heavy atom. The van der Waals surface area contributed by atoms with Gasteiger partial charge < -0.3 is 10.2 Å². The molecule has 0 saturated carbocycles. The van der Waals surface area contributed by atoms with Gasteiger partial charge in [0.1, 0.15) is 0 Å². The first-order valence-electron chi connectivity index (χ1n) is 9.53. The predicted molar refractivity (Wildman–Crippen MR) is 99.1 cm³/mol. The minimum atomic E-state index is -0.333. The molecule has 3 rings (SSSR count). The van der Waals surface area contributed by atoms with E-state index in [0.29, 0.717) is 30.6 Å². The van der Waals surface area contributed by atoms with Crippen molar-refractivity contribution in [3.05, 3.63) is 35.4 Å². The van der Waals surface area contributed by atoms with Crippen LogP contribution in [0.2, 0.25) is 0 Å². The molecule has 2 aliphatic rings. The molecule has 4 amide bonds. The zero-order chi connectivity index (χ0) is 19.4. The normalized spacial score (nSPS) is 17.2. The van der Waals surface area contributed by atoms with Crippen LogP contribution in [0.15, 0.2) is 24.3 Å². The van der Waals surface area contributed by atoms with Crippen molar-refractivity contribution in [2.24, 2.45) is 0 Å². The highest BCUT2D eigenvalue weighted by molar-refractivity contribution is 6.21. The molecule has 0 bridgehead atoms. The van der Waals surface area contributed by atoms with E-state index in [1.165, 1.54) is 0 Å². The lowest BCUT2D eigenvalue weighted by Crippen LogP contribution is -2.47. The molecule has 0 aliphatic carbocycles. The van der Waals surface area contributed by atoms with E-state index in [1.807, 2.05) is 6.92 Å². The maximum atomic E-state index is 12.5. The Balaban J connectivity index is 1.46. The molecule has 1 aromatic rings. The number of fused-ring (bicyclic) bond motifs is 1. The number of nitrogens with one attached hydrogen (secondary N) is 1. The standard InChI is InChI=1S/C20H25N3O4/c1-2-5-17(24)21-14-8-11-22(12-9-14)18(25)10-13-23-19(26)15-6-3-4-7-16(15)20(23)27/h3-4,6-7,14H,2,5,8-13H2,1H3,(H,21,24). The zero-order valence-corrected chi connectivity index (χ0v) is 15.6. The van der Waals surface area contributed by atoms with Crippen LogP contribution in [-0.4, -0.2) is 59.1 Å². The molecule has 0 unspecified atom stereocenters. The fourth-order valence-corrected chi connectivity index (χ4v) is 3.61. The SMILES string of the molecule is CCCC(=O)NC1CCN(C(=O)CCN2C(=O)c3ccccc3C2=O)CC1. The van der Waals surface area contributed by atoms with Crippen molar-refractivity contribution >= 4 is 23.6 Å². The molecule has 0 radical (unpaired) electrons. The van der Waals surface area contributed by atoms with Gasteiger partial charge in [0.05, 0.1) is 11.1 Å². The second-order valence-electron chi connectivity index (χ2n) is 7.03. The molecular weight excluding hydrogens is 346 g/mol. The van der Waals surface area contributed by atoms with Crippen molar-refractivity contribution in [2.45, 2.75) is 45.1 Å². The van der Waals surface area contributed by atoms with Crippen molar-refractivity contribution in [2.75, 3.05) is 19.6 Å². The van der Waals surface area contributed by atoms with E-state index in [9.17, 15) is 19.2 Å². The average molecular weight is 371 g/mol. The molecule has 0 spiro atoms. The second kappa shape index (κ2) is 8.33. The van der Waals surface area contributed by atoms with Crippen molar-refractivity contribution in [3.8, 4) is 0 Å². The van der Waals surface area contributed by atoms with Gasteiger partial charge in [0.2, 0.25) is 11.8 Å². The van der Waals surface area contributed by atoms with Gasteiger partial charge in [-0.25, -0.2) is 0 Å². The van der Waals surface area contributed by atoms with Crippen LogP contribution in [0.1, 0.15) is 59.7 Å². The Labute approximate surface area is 158 Å². The smallest absolute Gasteiger partial charge is 0.261 e. The number of carbonyl (C=O) groups excluding carboxylic acids is 4. The van der Waals surface area contributed by atoms with Crippen LogP contribution in [0.5, 0.6) is 0 Å². The minimum absolute atomic E-state index is 0.0629. The third-order valence-electron chi connectivity index (χ3n) is 5.12.